The molecule has 0 aromatic rings. The molecule has 13 heteroatoms. The van der Waals surface area contributed by atoms with Gasteiger partial charge in [0.25, 0.3) is 0 Å². The fourth-order valence-electron chi connectivity index (χ4n) is 6.81. The molecule has 0 aliphatic carbocycles. The van der Waals surface area contributed by atoms with Crippen molar-refractivity contribution < 1.29 is 18.4 Å². The minimum atomic E-state index is -1.14. The third-order valence-corrected chi connectivity index (χ3v) is 8.94. The minimum Gasteiger partial charge on any atom is -0.350 e. The Bertz CT molecular complexity index is 830. The number of piperidine rings is 2. The van der Waals surface area contributed by atoms with Gasteiger partial charge in [0, 0.05) is 51.2 Å². The highest BCUT2D eigenvalue weighted by Gasteiger charge is 2.49. The minimum absolute atomic E-state index is 0.0322. The van der Waals surface area contributed by atoms with Gasteiger partial charge in [-0.15, -0.1) is 0 Å². The zero-order valence-corrected chi connectivity index (χ0v) is 21.9. The van der Waals surface area contributed by atoms with E-state index in [0.29, 0.717) is 38.5 Å². The molecule has 5 aliphatic heterocycles. The summed E-state index contributed by atoms with van der Waals surface area (Å²) in [5, 5.41) is 10.9. The summed E-state index contributed by atoms with van der Waals surface area (Å²) in [5.41, 5.74) is 9.19. The van der Waals surface area contributed by atoms with Crippen LogP contribution in [0.3, 0.4) is 0 Å². The van der Waals surface area contributed by atoms with Crippen molar-refractivity contribution in [3.05, 3.63) is 0 Å². The molecule has 11 nitrogen and oxygen atoms in total. The van der Waals surface area contributed by atoms with E-state index in [1.807, 2.05) is 4.90 Å². The van der Waals surface area contributed by atoms with E-state index in [4.69, 9.17) is 5.73 Å². The van der Waals surface area contributed by atoms with Crippen molar-refractivity contribution in [1.82, 2.24) is 41.1 Å². The number of rotatable bonds is 5. The van der Waals surface area contributed by atoms with Gasteiger partial charge >= 0.3 is 0 Å². The number of likely N-dealkylation sites (N-methyl/N-ethyl adjacent to an activating group) is 1. The Labute approximate surface area is 217 Å². The lowest BCUT2D eigenvalue weighted by molar-refractivity contribution is -0.136. The quantitative estimate of drug-likeness (QED) is 0.268. The molecule has 5 saturated heterocycles. The van der Waals surface area contributed by atoms with Gasteiger partial charge in [-0.3, -0.25) is 19.8 Å². The van der Waals surface area contributed by atoms with Crippen LogP contribution in [0.25, 0.3) is 0 Å². The standard InChI is InChI=1S/C24H43F2N9O2/c1-32(2)16-5-8-34(13-16)24(37)14-3-6-33(7-4-14)20-17(26)10-28-11-18(20)30-23(36)19-21(27)31-35-12-15(25)9-29-22(19)35/h14-22,28-29,31H,3-13,27H2,1-2H3,(H,30,36)/t15?,16-,17?,18?,19?,20?,21?,22?/m1/s1. The number of carbonyl (C=O) groups excluding carboxylic acids is 2. The van der Waals surface area contributed by atoms with Crippen molar-refractivity contribution in [3.8, 4) is 0 Å². The number of hydrogen-bond donors (Lipinski definition) is 5. The highest BCUT2D eigenvalue weighted by molar-refractivity contribution is 5.81. The Balaban J connectivity index is 1.18. The number of hydrogen-bond acceptors (Lipinski definition) is 9. The number of amides is 2. The Hall–Kier alpha value is -1.48. The van der Waals surface area contributed by atoms with Gasteiger partial charge in [0.2, 0.25) is 11.8 Å². The molecule has 5 fully saturated rings. The average Bonchev–Trinajstić information content (AvgIpc) is 3.48. The van der Waals surface area contributed by atoms with E-state index in [0.717, 1.165) is 19.5 Å². The largest absolute Gasteiger partial charge is 0.350 e. The van der Waals surface area contributed by atoms with E-state index in [2.05, 4.69) is 45.3 Å². The first kappa shape index (κ1) is 27.1. The van der Waals surface area contributed by atoms with Gasteiger partial charge in [0.15, 0.2) is 0 Å². The fourth-order valence-corrected chi connectivity index (χ4v) is 6.81. The second kappa shape index (κ2) is 11.3. The molecule has 5 heterocycles. The third-order valence-electron chi connectivity index (χ3n) is 8.94. The molecular weight excluding hydrogens is 484 g/mol. The third kappa shape index (κ3) is 5.63. The van der Waals surface area contributed by atoms with Crippen LogP contribution < -0.4 is 27.1 Å². The monoisotopic (exact) mass is 527 g/mol. The average molecular weight is 528 g/mol. The van der Waals surface area contributed by atoms with Crippen LogP contribution in [0.1, 0.15) is 19.3 Å². The summed E-state index contributed by atoms with van der Waals surface area (Å²) < 4.78 is 29.1. The number of carbonyl (C=O) groups is 2. The van der Waals surface area contributed by atoms with E-state index in [-0.39, 0.29) is 37.4 Å². The van der Waals surface area contributed by atoms with Gasteiger partial charge in [0.05, 0.1) is 30.3 Å². The normalized spacial score (nSPS) is 40.2. The van der Waals surface area contributed by atoms with E-state index in [9.17, 15) is 14.0 Å². The molecule has 0 saturated carbocycles. The molecule has 5 rings (SSSR count). The summed E-state index contributed by atoms with van der Waals surface area (Å²) in [7, 11) is 4.10. The molecule has 2 amide bonds. The van der Waals surface area contributed by atoms with Crippen LogP contribution in [0.15, 0.2) is 0 Å². The number of halogens is 2. The molecule has 0 radical (unpaired) electrons. The second-order valence-electron chi connectivity index (χ2n) is 11.6. The van der Waals surface area contributed by atoms with E-state index >= 15 is 4.39 Å². The predicted octanol–water partition coefficient (Wildman–Crippen LogP) is -2.36. The first-order chi connectivity index (χ1) is 17.7. The lowest BCUT2D eigenvalue weighted by atomic mass is 9.90. The van der Waals surface area contributed by atoms with Crippen LogP contribution in [0.4, 0.5) is 8.78 Å². The Morgan fingerprint density at radius 2 is 1.78 bits per heavy atom. The van der Waals surface area contributed by atoms with Gasteiger partial charge in [-0.05, 0) is 46.4 Å². The molecule has 0 aromatic carbocycles. The highest BCUT2D eigenvalue weighted by Crippen LogP contribution is 2.28. The predicted molar refractivity (Wildman–Crippen MR) is 134 cm³/mol. The lowest BCUT2D eigenvalue weighted by Gasteiger charge is -2.45. The molecule has 210 valence electrons. The van der Waals surface area contributed by atoms with Crippen LogP contribution in [0, 0.1) is 11.8 Å². The number of hydrazine groups is 1. The molecule has 0 aromatic heterocycles. The summed E-state index contributed by atoms with van der Waals surface area (Å²) in [4.78, 5) is 32.8. The van der Waals surface area contributed by atoms with Crippen molar-refractivity contribution in [2.75, 3.05) is 66.5 Å². The van der Waals surface area contributed by atoms with Gasteiger partial charge in [0.1, 0.15) is 12.3 Å². The summed E-state index contributed by atoms with van der Waals surface area (Å²) in [5.74, 6) is -0.699. The fraction of sp³-hybridized carbons (Fsp3) is 0.917. The number of alkyl halides is 2. The van der Waals surface area contributed by atoms with Crippen LogP contribution in [0.2, 0.25) is 0 Å². The molecule has 0 bridgehead atoms. The first-order valence-corrected chi connectivity index (χ1v) is 13.7. The van der Waals surface area contributed by atoms with Gasteiger partial charge in [-0.1, -0.05) is 0 Å². The summed E-state index contributed by atoms with van der Waals surface area (Å²) in [6, 6.07) is -0.489. The maximum atomic E-state index is 15.3. The molecule has 5 aliphatic rings. The van der Waals surface area contributed by atoms with Crippen LogP contribution in [0.5, 0.6) is 0 Å². The Morgan fingerprint density at radius 1 is 1.03 bits per heavy atom. The van der Waals surface area contributed by atoms with E-state index < -0.39 is 42.7 Å². The van der Waals surface area contributed by atoms with E-state index in [1.54, 1.807) is 5.01 Å². The molecule has 37 heavy (non-hydrogen) atoms. The Kier molecular flexibility index (Phi) is 8.30. The van der Waals surface area contributed by atoms with Crippen molar-refractivity contribution in [2.24, 2.45) is 17.6 Å². The van der Waals surface area contributed by atoms with Gasteiger partial charge in [-0.25, -0.2) is 19.2 Å². The smallest absolute Gasteiger partial charge is 0.229 e. The summed E-state index contributed by atoms with van der Waals surface area (Å²) >= 11 is 0. The Morgan fingerprint density at radius 3 is 2.49 bits per heavy atom. The number of likely N-dealkylation sites (tertiary alicyclic amines) is 2. The maximum Gasteiger partial charge on any atom is 0.229 e. The topological polar surface area (TPSA) is 121 Å². The summed E-state index contributed by atoms with van der Waals surface area (Å²) in [6.07, 6.45) is -0.843. The van der Waals surface area contributed by atoms with Crippen molar-refractivity contribution in [1.29, 1.82) is 0 Å². The SMILES string of the molecule is CN(C)[C@@H]1CCN(C(=O)C2CCN(C3C(F)CNCC3NC(=O)C3C(N)NN4CC(F)CNC34)CC2)C1. The summed E-state index contributed by atoms with van der Waals surface area (Å²) in [6.45, 7) is 3.84. The number of nitrogens with two attached hydrogens (primary N) is 1. The van der Waals surface area contributed by atoms with E-state index in [1.165, 1.54) is 0 Å². The van der Waals surface area contributed by atoms with Crippen molar-refractivity contribution >= 4 is 11.8 Å². The lowest BCUT2D eigenvalue weighted by Crippen LogP contribution is -2.67. The molecule has 8 atom stereocenters. The van der Waals surface area contributed by atoms with Gasteiger partial charge < -0.3 is 26.2 Å². The van der Waals surface area contributed by atoms with Crippen molar-refractivity contribution in [2.45, 2.75) is 62.1 Å². The molecular formula is C24H43F2N9O2. The second-order valence-corrected chi connectivity index (χ2v) is 11.6. The van der Waals surface area contributed by atoms with Gasteiger partial charge in [-0.2, -0.15) is 0 Å². The van der Waals surface area contributed by atoms with Crippen LogP contribution >= 0.6 is 0 Å². The number of fused-ring (bicyclic) bond motifs is 1. The number of nitrogens with zero attached hydrogens (tertiary/aromatic N) is 4. The molecule has 0 spiro atoms. The van der Waals surface area contributed by atoms with Crippen LogP contribution in [-0.4, -0.2) is 141 Å². The highest BCUT2D eigenvalue weighted by atomic mass is 19.1. The zero-order valence-electron chi connectivity index (χ0n) is 21.9. The molecule has 6 N–H and O–H groups in total. The maximum absolute atomic E-state index is 15.3. The first-order valence-electron chi connectivity index (χ1n) is 13.7. The van der Waals surface area contributed by atoms with Crippen molar-refractivity contribution in [3.63, 3.8) is 0 Å². The molecule has 7 unspecified atom stereocenters. The van der Waals surface area contributed by atoms with Crippen LogP contribution in [-0.2, 0) is 9.59 Å². The number of nitrogens with one attached hydrogen (secondary N) is 4. The zero-order chi connectivity index (χ0) is 26.3.